The van der Waals surface area contributed by atoms with Gasteiger partial charge in [0.25, 0.3) is 0 Å². The van der Waals surface area contributed by atoms with Crippen LogP contribution in [0.4, 0.5) is 0 Å². The number of benzene rings is 9. The summed E-state index contributed by atoms with van der Waals surface area (Å²) in [7, 11) is 0. The first-order valence-corrected chi connectivity index (χ1v) is 22.9. The zero-order valence-corrected chi connectivity index (χ0v) is 37.5. The Morgan fingerprint density at radius 3 is 1.70 bits per heavy atom. The van der Waals surface area contributed by atoms with E-state index in [9.17, 15) is 0 Å². The minimum absolute atomic E-state index is 0.0926. The molecule has 0 N–H and O–H groups in total. The van der Waals surface area contributed by atoms with Gasteiger partial charge in [0.2, 0.25) is 0 Å². The van der Waals surface area contributed by atoms with Crippen LogP contribution in [0, 0.1) is 0 Å². The van der Waals surface area contributed by atoms with Crippen LogP contribution in [0.1, 0.15) is 63.8 Å². The van der Waals surface area contributed by atoms with Crippen LogP contribution < -0.4 is 0 Å². The summed E-state index contributed by atoms with van der Waals surface area (Å²) in [6.07, 6.45) is 2.03. The average molecular weight is 826 g/mol. The lowest BCUT2D eigenvalue weighted by molar-refractivity contribution is 0.590. The van der Waals surface area contributed by atoms with E-state index in [1.165, 1.54) is 93.8 Å². The van der Waals surface area contributed by atoms with Gasteiger partial charge >= 0.3 is 0 Å². The van der Waals surface area contributed by atoms with Crippen molar-refractivity contribution in [3.05, 3.63) is 198 Å². The molecule has 0 saturated carbocycles. The third kappa shape index (κ3) is 6.07. The van der Waals surface area contributed by atoms with Gasteiger partial charge in [0.1, 0.15) is 11.2 Å². The molecule has 0 saturated heterocycles. The molecule has 1 aliphatic rings. The zero-order valence-electron chi connectivity index (χ0n) is 37.5. The van der Waals surface area contributed by atoms with Crippen molar-refractivity contribution in [1.82, 2.24) is 4.57 Å². The molecule has 0 radical (unpaired) electrons. The summed E-state index contributed by atoms with van der Waals surface area (Å²) in [5.74, 6) is 0. The summed E-state index contributed by atoms with van der Waals surface area (Å²) in [6, 6.07) is 65.8. The second-order valence-corrected chi connectivity index (χ2v) is 20.1. The number of rotatable bonds is 4. The number of nitrogens with zero attached hydrogens (tertiary/aromatic N) is 1. The van der Waals surface area contributed by atoms with Gasteiger partial charge in [-0.3, -0.25) is 0 Å². The van der Waals surface area contributed by atoms with Crippen LogP contribution in [0.2, 0.25) is 0 Å². The van der Waals surface area contributed by atoms with Crippen molar-refractivity contribution in [3.8, 4) is 50.2 Å². The topological polar surface area (TPSA) is 18.1 Å². The van der Waals surface area contributed by atoms with Gasteiger partial charge in [-0.1, -0.05) is 169 Å². The fourth-order valence-electron chi connectivity index (χ4n) is 10.6. The van der Waals surface area contributed by atoms with Crippen molar-refractivity contribution in [2.45, 2.75) is 65.2 Å². The van der Waals surface area contributed by atoms with Gasteiger partial charge in [-0.25, -0.2) is 0 Å². The number of para-hydroxylation sites is 2. The lowest BCUT2D eigenvalue weighted by atomic mass is 9.79. The van der Waals surface area contributed by atoms with Crippen LogP contribution in [0.25, 0.3) is 105 Å². The number of aromatic nitrogens is 1. The Labute approximate surface area is 375 Å². The van der Waals surface area contributed by atoms with E-state index >= 15 is 0 Å². The fourth-order valence-corrected chi connectivity index (χ4v) is 10.6. The molecule has 0 fully saturated rings. The average Bonchev–Trinajstić information content (AvgIpc) is 3.86. The van der Waals surface area contributed by atoms with Crippen molar-refractivity contribution in [3.63, 3.8) is 0 Å². The van der Waals surface area contributed by atoms with E-state index in [1.54, 1.807) is 0 Å². The molecule has 9 aromatic carbocycles. The Bertz CT molecular complexity index is 3670. The molecular formula is C62H51NO. The Morgan fingerprint density at radius 2 is 0.969 bits per heavy atom. The van der Waals surface area contributed by atoms with E-state index in [-0.39, 0.29) is 10.8 Å². The Balaban J connectivity index is 1.23. The summed E-state index contributed by atoms with van der Waals surface area (Å²) < 4.78 is 9.46. The van der Waals surface area contributed by atoms with Crippen LogP contribution in [0.3, 0.4) is 0 Å². The number of hydrogen-bond acceptors (Lipinski definition) is 1. The van der Waals surface area contributed by atoms with Gasteiger partial charge in [-0.15, -0.1) is 0 Å². The standard InChI is InChI=1S/C62H51NO/c1-61(2,3)43-34-53(48-21-13-20-47-46-18-10-9-16-40(46)29-32-49(47)48)58-55(36-43)56-37-44(62(4,5)6)35-54(52-23-14-22-51-50-19-11-12-24-57(50)64-60(51)52)59(56)63(58)45-30-27-39(28-31-45)42-26-25-38-15-7-8-17-41(38)33-42/h7-28,30-31,33-37H,29,32H2,1-6H3. The molecule has 0 spiro atoms. The molecule has 2 heteroatoms. The summed E-state index contributed by atoms with van der Waals surface area (Å²) in [5, 5.41) is 7.31. The lowest BCUT2D eigenvalue weighted by Crippen LogP contribution is -2.12. The minimum Gasteiger partial charge on any atom is -0.455 e. The van der Waals surface area contributed by atoms with Gasteiger partial charge in [-0.2, -0.15) is 0 Å². The first-order valence-electron chi connectivity index (χ1n) is 22.9. The molecule has 64 heavy (non-hydrogen) atoms. The normalized spacial score (nSPS) is 13.0. The van der Waals surface area contributed by atoms with Gasteiger partial charge < -0.3 is 8.98 Å². The largest absolute Gasteiger partial charge is 0.455 e. The summed E-state index contributed by atoms with van der Waals surface area (Å²) >= 11 is 0. The van der Waals surface area contributed by atoms with E-state index in [1.807, 2.05) is 0 Å². The molecule has 2 heterocycles. The molecule has 2 aromatic heterocycles. The summed E-state index contributed by atoms with van der Waals surface area (Å²) in [5.41, 5.74) is 20.7. The molecule has 310 valence electrons. The Kier molecular flexibility index (Phi) is 8.53. The molecule has 0 amide bonds. The molecular weight excluding hydrogens is 775 g/mol. The molecule has 2 nitrogen and oxygen atoms in total. The number of fused-ring (bicyclic) bond motifs is 10. The third-order valence-electron chi connectivity index (χ3n) is 14.0. The van der Waals surface area contributed by atoms with Crippen molar-refractivity contribution in [2.24, 2.45) is 0 Å². The van der Waals surface area contributed by atoms with Crippen molar-refractivity contribution in [2.75, 3.05) is 0 Å². The van der Waals surface area contributed by atoms with Gasteiger partial charge in [0.05, 0.1) is 11.0 Å². The molecule has 12 rings (SSSR count). The van der Waals surface area contributed by atoms with E-state index in [4.69, 9.17) is 4.42 Å². The molecule has 11 aromatic rings. The van der Waals surface area contributed by atoms with Crippen molar-refractivity contribution >= 4 is 54.5 Å². The van der Waals surface area contributed by atoms with Gasteiger partial charge in [0, 0.05) is 43.9 Å². The highest BCUT2D eigenvalue weighted by Gasteiger charge is 2.29. The van der Waals surface area contributed by atoms with Crippen LogP contribution in [0.15, 0.2) is 180 Å². The number of hydrogen-bond donors (Lipinski definition) is 0. The van der Waals surface area contributed by atoms with Crippen LogP contribution in [0.5, 0.6) is 0 Å². The SMILES string of the molecule is CC(C)(C)c1cc(-c2cccc3c2CCc2ccccc2-3)c2c(c1)c1cc(C(C)(C)C)cc(-c3cccc4c3oc3ccccc34)c1n2-c1ccc(-c2ccc3ccccc3c2)cc1. The molecule has 1 aliphatic carbocycles. The second kappa shape index (κ2) is 14.2. The van der Waals surface area contributed by atoms with Gasteiger partial charge in [-0.05, 0) is 133 Å². The summed E-state index contributed by atoms with van der Waals surface area (Å²) in [4.78, 5) is 0. The Hall–Kier alpha value is -7.16. The molecule has 0 bridgehead atoms. The zero-order chi connectivity index (χ0) is 43.5. The van der Waals surface area contributed by atoms with E-state index in [2.05, 4.69) is 222 Å². The highest BCUT2D eigenvalue weighted by molar-refractivity contribution is 6.20. The van der Waals surface area contributed by atoms with E-state index < -0.39 is 0 Å². The predicted octanol–water partition coefficient (Wildman–Crippen LogP) is 17.2. The quantitative estimate of drug-likeness (QED) is 0.173. The van der Waals surface area contributed by atoms with E-state index in [0.29, 0.717) is 0 Å². The highest BCUT2D eigenvalue weighted by atomic mass is 16.3. The number of aryl methyl sites for hydroxylation is 1. The van der Waals surface area contributed by atoms with Crippen molar-refractivity contribution in [1.29, 1.82) is 0 Å². The van der Waals surface area contributed by atoms with Gasteiger partial charge in [0.15, 0.2) is 0 Å². The van der Waals surface area contributed by atoms with Crippen LogP contribution in [-0.2, 0) is 23.7 Å². The lowest BCUT2D eigenvalue weighted by Gasteiger charge is -2.25. The maximum absolute atomic E-state index is 6.87. The fraction of sp³-hybridized carbons (Fsp3) is 0.161. The molecule has 0 unspecified atom stereocenters. The maximum atomic E-state index is 6.87. The monoisotopic (exact) mass is 825 g/mol. The first kappa shape index (κ1) is 38.5. The predicted molar refractivity (Wildman–Crippen MR) is 272 cm³/mol. The van der Waals surface area contributed by atoms with Crippen LogP contribution >= 0.6 is 0 Å². The summed E-state index contributed by atoms with van der Waals surface area (Å²) in [6.45, 7) is 14.1. The minimum atomic E-state index is -0.114. The maximum Gasteiger partial charge on any atom is 0.143 e. The third-order valence-corrected chi connectivity index (χ3v) is 14.0. The second-order valence-electron chi connectivity index (χ2n) is 20.1. The Morgan fingerprint density at radius 1 is 0.406 bits per heavy atom. The first-order chi connectivity index (χ1) is 31.0. The van der Waals surface area contributed by atoms with Crippen LogP contribution in [-0.4, -0.2) is 4.57 Å². The highest BCUT2D eigenvalue weighted by Crippen LogP contribution is 2.49. The molecule has 0 atom stereocenters. The van der Waals surface area contributed by atoms with E-state index in [0.717, 1.165) is 46.0 Å². The number of furan rings is 1. The van der Waals surface area contributed by atoms with Crippen molar-refractivity contribution < 1.29 is 4.42 Å². The smallest absolute Gasteiger partial charge is 0.143 e. The molecule has 0 aliphatic heterocycles.